The fraction of sp³-hybridized carbons (Fsp3) is 0.118. The topological polar surface area (TPSA) is 64.5 Å². The van der Waals surface area contributed by atoms with Crippen LogP contribution in [0.15, 0.2) is 47.2 Å². The van der Waals surface area contributed by atoms with E-state index in [1.165, 1.54) is 6.08 Å². The molecule has 1 N–H and O–H groups in total. The van der Waals surface area contributed by atoms with E-state index >= 15 is 0 Å². The van der Waals surface area contributed by atoms with Crippen LogP contribution in [0.3, 0.4) is 0 Å². The van der Waals surface area contributed by atoms with Crippen LogP contribution in [-0.4, -0.2) is 25.0 Å². The number of carbonyl (C=O) groups excluding carboxylic acids is 1. The van der Waals surface area contributed by atoms with Crippen molar-refractivity contribution in [3.05, 3.63) is 54.1 Å². The minimum atomic E-state index is -0.113. The van der Waals surface area contributed by atoms with E-state index in [4.69, 9.17) is 13.9 Å². The van der Waals surface area contributed by atoms with Gasteiger partial charge in [0.1, 0.15) is 5.75 Å². The molecule has 0 spiro atoms. The van der Waals surface area contributed by atoms with Crippen molar-refractivity contribution in [3.63, 3.8) is 0 Å². The van der Waals surface area contributed by atoms with E-state index in [0.29, 0.717) is 22.8 Å². The molecule has 5 nitrogen and oxygen atoms in total. The van der Waals surface area contributed by atoms with Crippen molar-refractivity contribution in [2.75, 3.05) is 14.2 Å². The summed E-state index contributed by atoms with van der Waals surface area (Å²) in [6.45, 7) is 0. The molecule has 0 aliphatic heterocycles. The molecule has 0 radical (unpaired) electrons. The molecule has 3 rings (SSSR count). The zero-order valence-electron chi connectivity index (χ0n) is 12.3. The Morgan fingerprint density at radius 1 is 1.27 bits per heavy atom. The van der Waals surface area contributed by atoms with Crippen LogP contribution in [0, 0.1) is 0 Å². The smallest absolute Gasteiger partial charge is 0.201 e. The van der Waals surface area contributed by atoms with E-state index in [9.17, 15) is 4.79 Å². The van der Waals surface area contributed by atoms with Crippen LogP contribution in [0.25, 0.3) is 17.0 Å². The number of fused-ring (bicyclic) bond motifs is 1. The highest BCUT2D eigenvalue weighted by molar-refractivity contribution is 6.06. The number of allylic oxidation sites excluding steroid dienone is 1. The zero-order valence-corrected chi connectivity index (χ0v) is 12.3. The van der Waals surface area contributed by atoms with Crippen LogP contribution >= 0.6 is 0 Å². The number of carbonyl (C=O) groups is 1. The van der Waals surface area contributed by atoms with Crippen LogP contribution in [0.5, 0.6) is 11.5 Å². The van der Waals surface area contributed by atoms with Crippen molar-refractivity contribution in [2.45, 2.75) is 0 Å². The van der Waals surface area contributed by atoms with Gasteiger partial charge in [0.25, 0.3) is 0 Å². The molecule has 2 aromatic heterocycles. The Hall–Kier alpha value is -2.95. The normalized spacial score (nSPS) is 11.2. The Labute approximate surface area is 127 Å². The zero-order chi connectivity index (χ0) is 15.5. The molecular weight excluding hydrogens is 282 g/mol. The van der Waals surface area contributed by atoms with Gasteiger partial charge in [-0.2, -0.15) is 0 Å². The van der Waals surface area contributed by atoms with E-state index in [1.54, 1.807) is 57.0 Å². The molecule has 0 saturated heterocycles. The average Bonchev–Trinajstić information content (AvgIpc) is 3.22. The third kappa shape index (κ3) is 2.37. The second-order valence-electron chi connectivity index (χ2n) is 4.65. The minimum absolute atomic E-state index is 0.113. The van der Waals surface area contributed by atoms with Crippen LogP contribution in [0.1, 0.15) is 16.1 Å². The largest absolute Gasteiger partial charge is 0.495 e. The number of hydrogen-bond donors (Lipinski definition) is 1. The molecular formula is C17H15NO4. The van der Waals surface area contributed by atoms with Gasteiger partial charge in [-0.05, 0) is 36.4 Å². The molecule has 0 fully saturated rings. The van der Waals surface area contributed by atoms with Crippen molar-refractivity contribution in [3.8, 4) is 11.5 Å². The van der Waals surface area contributed by atoms with E-state index in [1.807, 2.05) is 0 Å². The Kier molecular flexibility index (Phi) is 3.70. The second kappa shape index (κ2) is 5.81. The molecule has 2 heterocycles. The van der Waals surface area contributed by atoms with Crippen LogP contribution in [0.2, 0.25) is 0 Å². The van der Waals surface area contributed by atoms with Gasteiger partial charge in [-0.15, -0.1) is 0 Å². The van der Waals surface area contributed by atoms with Gasteiger partial charge in [0.05, 0.1) is 31.6 Å². The summed E-state index contributed by atoms with van der Waals surface area (Å²) >= 11 is 0. The number of ketones is 1. The lowest BCUT2D eigenvalue weighted by atomic mass is 10.1. The van der Waals surface area contributed by atoms with Crippen molar-refractivity contribution in [1.29, 1.82) is 0 Å². The highest BCUT2D eigenvalue weighted by atomic mass is 16.5. The summed E-state index contributed by atoms with van der Waals surface area (Å²) in [6, 6.07) is 7.09. The molecule has 0 amide bonds. The summed E-state index contributed by atoms with van der Waals surface area (Å²) in [6.07, 6.45) is 6.49. The van der Waals surface area contributed by atoms with Crippen molar-refractivity contribution in [2.24, 2.45) is 0 Å². The first kappa shape index (κ1) is 14.0. The van der Waals surface area contributed by atoms with Gasteiger partial charge >= 0.3 is 0 Å². The number of rotatable bonds is 5. The Balaban J connectivity index is 2.04. The predicted molar refractivity (Wildman–Crippen MR) is 83.5 cm³/mol. The lowest BCUT2D eigenvalue weighted by molar-refractivity contribution is 0.104. The van der Waals surface area contributed by atoms with Crippen molar-refractivity contribution < 1.29 is 18.7 Å². The molecule has 22 heavy (non-hydrogen) atoms. The van der Waals surface area contributed by atoms with Gasteiger partial charge in [0.15, 0.2) is 11.3 Å². The molecule has 3 aromatic rings. The number of furan rings is 1. The number of ether oxygens (including phenoxy) is 2. The maximum absolute atomic E-state index is 12.0. The number of H-pyrrole nitrogens is 1. The van der Waals surface area contributed by atoms with Crippen LogP contribution in [0.4, 0.5) is 0 Å². The van der Waals surface area contributed by atoms with Crippen molar-refractivity contribution in [1.82, 2.24) is 4.98 Å². The SMILES string of the molecule is COc1c(/C=C/C(=O)c2ccc[nH]2)cc(OC)c2occc12. The highest BCUT2D eigenvalue weighted by Crippen LogP contribution is 2.38. The van der Waals surface area contributed by atoms with E-state index in [2.05, 4.69) is 4.98 Å². The number of benzene rings is 1. The van der Waals surface area contributed by atoms with Crippen molar-refractivity contribution >= 4 is 22.8 Å². The molecule has 5 heteroatoms. The first-order valence-corrected chi connectivity index (χ1v) is 6.72. The maximum atomic E-state index is 12.0. The Bertz CT molecular complexity index is 828. The van der Waals surface area contributed by atoms with Gasteiger partial charge in [-0.3, -0.25) is 4.79 Å². The lowest BCUT2D eigenvalue weighted by Gasteiger charge is -2.09. The summed E-state index contributed by atoms with van der Waals surface area (Å²) in [5.41, 5.74) is 1.90. The quantitative estimate of drug-likeness (QED) is 0.576. The molecule has 0 atom stereocenters. The summed E-state index contributed by atoms with van der Waals surface area (Å²) in [7, 11) is 3.15. The molecule has 0 unspecified atom stereocenters. The van der Waals surface area contributed by atoms with E-state index in [0.717, 1.165) is 10.9 Å². The number of hydrogen-bond acceptors (Lipinski definition) is 4. The fourth-order valence-corrected chi connectivity index (χ4v) is 2.35. The highest BCUT2D eigenvalue weighted by Gasteiger charge is 2.14. The number of aromatic nitrogens is 1. The Morgan fingerprint density at radius 3 is 2.82 bits per heavy atom. The van der Waals surface area contributed by atoms with Gasteiger partial charge in [-0.1, -0.05) is 0 Å². The van der Waals surface area contributed by atoms with E-state index < -0.39 is 0 Å². The monoisotopic (exact) mass is 297 g/mol. The number of methoxy groups -OCH3 is 2. The number of aromatic amines is 1. The molecule has 0 aliphatic rings. The molecule has 112 valence electrons. The average molecular weight is 297 g/mol. The van der Waals surface area contributed by atoms with Gasteiger partial charge in [-0.25, -0.2) is 0 Å². The third-order valence-electron chi connectivity index (χ3n) is 3.38. The third-order valence-corrected chi connectivity index (χ3v) is 3.38. The fourth-order valence-electron chi connectivity index (χ4n) is 2.35. The van der Waals surface area contributed by atoms with Gasteiger partial charge in [0.2, 0.25) is 5.78 Å². The van der Waals surface area contributed by atoms with Gasteiger partial charge in [0, 0.05) is 11.8 Å². The molecule has 0 saturated carbocycles. The minimum Gasteiger partial charge on any atom is -0.495 e. The van der Waals surface area contributed by atoms with Gasteiger partial charge < -0.3 is 18.9 Å². The molecule has 0 bridgehead atoms. The maximum Gasteiger partial charge on any atom is 0.201 e. The standard InChI is InChI=1S/C17H15NO4/c1-20-15-10-11(5-6-14(19)13-4-3-8-18-13)16(21-2)12-7-9-22-17(12)15/h3-10,18H,1-2H3/b6-5+. The molecule has 1 aromatic carbocycles. The molecule has 0 aliphatic carbocycles. The number of nitrogens with one attached hydrogen (secondary N) is 1. The van der Waals surface area contributed by atoms with E-state index in [-0.39, 0.29) is 5.78 Å². The first-order chi connectivity index (χ1) is 10.7. The summed E-state index contributed by atoms with van der Waals surface area (Å²) in [5, 5.41) is 0.800. The lowest BCUT2D eigenvalue weighted by Crippen LogP contribution is -1.95. The second-order valence-corrected chi connectivity index (χ2v) is 4.65. The first-order valence-electron chi connectivity index (χ1n) is 6.72. The van der Waals surface area contributed by atoms with Crippen LogP contribution in [-0.2, 0) is 0 Å². The summed E-state index contributed by atoms with van der Waals surface area (Å²) < 4.78 is 16.2. The summed E-state index contributed by atoms with van der Waals surface area (Å²) in [5.74, 6) is 1.12. The Morgan fingerprint density at radius 2 is 2.14 bits per heavy atom. The summed E-state index contributed by atoms with van der Waals surface area (Å²) in [4.78, 5) is 14.9. The predicted octanol–water partition coefficient (Wildman–Crippen LogP) is 3.67. The van der Waals surface area contributed by atoms with Crippen LogP contribution < -0.4 is 9.47 Å².